The fourth-order valence-corrected chi connectivity index (χ4v) is 4.02. The molecule has 0 N–H and O–H groups in total. The predicted octanol–water partition coefficient (Wildman–Crippen LogP) is 2.65. The van der Waals surface area contributed by atoms with Gasteiger partial charge in [0, 0.05) is 31.4 Å². The Balaban J connectivity index is 1.58. The van der Waals surface area contributed by atoms with E-state index in [0.29, 0.717) is 35.3 Å². The number of hydrogen-bond acceptors (Lipinski definition) is 4. The molecule has 124 valence electrons. The Morgan fingerprint density at radius 1 is 1.17 bits per heavy atom. The number of fused-ring (bicyclic) bond motifs is 1. The maximum atomic E-state index is 12.7. The van der Waals surface area contributed by atoms with E-state index in [1.54, 1.807) is 23.1 Å². The minimum atomic E-state index is -0.0395. The largest absolute Gasteiger partial charge is 0.333 e. The highest BCUT2D eigenvalue weighted by Crippen LogP contribution is 2.34. The molecule has 1 amide bonds. The number of aromatic nitrogens is 1. The first-order chi connectivity index (χ1) is 11.5. The van der Waals surface area contributed by atoms with Crippen molar-refractivity contribution in [3.8, 4) is 0 Å². The lowest BCUT2D eigenvalue weighted by molar-refractivity contribution is 0.0739. The lowest BCUT2D eigenvalue weighted by Gasteiger charge is -2.29. The van der Waals surface area contributed by atoms with Gasteiger partial charge in [0.1, 0.15) is 0 Å². The molecule has 0 unspecified atom stereocenters. The van der Waals surface area contributed by atoms with Crippen molar-refractivity contribution in [2.45, 2.75) is 38.8 Å². The summed E-state index contributed by atoms with van der Waals surface area (Å²) in [7, 11) is 0. The average molecular weight is 342 g/mol. The topological polar surface area (TPSA) is 59.4 Å². The third-order valence-corrected chi connectivity index (χ3v) is 5.84. The van der Waals surface area contributed by atoms with Crippen molar-refractivity contribution in [1.82, 2.24) is 9.47 Å². The van der Waals surface area contributed by atoms with Crippen LogP contribution in [0, 0.1) is 0 Å². The van der Waals surface area contributed by atoms with Gasteiger partial charge < -0.3 is 9.47 Å². The number of carbonyl (C=O) groups is 2. The van der Waals surface area contributed by atoms with E-state index in [4.69, 9.17) is 0 Å². The van der Waals surface area contributed by atoms with Crippen LogP contribution < -0.4 is 5.56 Å². The number of ketones is 1. The van der Waals surface area contributed by atoms with Gasteiger partial charge in [-0.05, 0) is 49.4 Å². The predicted molar refractivity (Wildman–Crippen MR) is 91.7 cm³/mol. The van der Waals surface area contributed by atoms with E-state index >= 15 is 0 Å². The van der Waals surface area contributed by atoms with Gasteiger partial charge in [-0.3, -0.25) is 14.4 Å². The van der Waals surface area contributed by atoms with Crippen molar-refractivity contribution >= 4 is 23.0 Å². The number of pyridine rings is 1. The summed E-state index contributed by atoms with van der Waals surface area (Å²) in [6.45, 7) is 2.63. The summed E-state index contributed by atoms with van der Waals surface area (Å²) in [4.78, 5) is 39.3. The molecule has 1 fully saturated rings. The van der Waals surface area contributed by atoms with Crippen LogP contribution in [-0.2, 0) is 13.0 Å². The summed E-state index contributed by atoms with van der Waals surface area (Å²) in [6, 6.07) is 5.51. The highest BCUT2D eigenvalue weighted by Gasteiger charge is 2.28. The van der Waals surface area contributed by atoms with Crippen molar-refractivity contribution in [2.75, 3.05) is 6.54 Å². The molecule has 2 aliphatic rings. The second-order valence-corrected chi connectivity index (χ2v) is 7.58. The summed E-state index contributed by atoms with van der Waals surface area (Å²) in [6.07, 6.45) is 4.76. The lowest BCUT2D eigenvalue weighted by atomic mass is 10.0. The molecular weight excluding hydrogens is 324 g/mol. The maximum absolute atomic E-state index is 12.7. The van der Waals surface area contributed by atoms with Crippen LogP contribution in [0.2, 0.25) is 0 Å². The molecule has 4 rings (SSSR count). The third kappa shape index (κ3) is 2.71. The molecule has 2 aromatic heterocycles. The highest BCUT2D eigenvalue weighted by atomic mass is 32.1. The van der Waals surface area contributed by atoms with Crippen LogP contribution in [0.4, 0.5) is 0 Å². The SMILES string of the molecule is CC(=O)c1ccc(C(=O)N2CCc3cc(=O)n(C4CC4)cc3C2)s1. The van der Waals surface area contributed by atoms with Crippen molar-refractivity contribution in [2.24, 2.45) is 0 Å². The van der Waals surface area contributed by atoms with E-state index in [9.17, 15) is 14.4 Å². The molecule has 0 bridgehead atoms. The van der Waals surface area contributed by atoms with Gasteiger partial charge in [0.15, 0.2) is 5.78 Å². The van der Waals surface area contributed by atoms with Crippen LogP contribution in [0.3, 0.4) is 0 Å². The molecule has 24 heavy (non-hydrogen) atoms. The molecule has 0 saturated heterocycles. The van der Waals surface area contributed by atoms with E-state index in [2.05, 4.69) is 0 Å². The van der Waals surface area contributed by atoms with E-state index < -0.39 is 0 Å². The zero-order valence-corrected chi connectivity index (χ0v) is 14.3. The van der Waals surface area contributed by atoms with Crippen molar-refractivity contribution in [3.05, 3.63) is 55.6 Å². The van der Waals surface area contributed by atoms with Crippen LogP contribution in [0.1, 0.15) is 56.3 Å². The molecule has 0 spiro atoms. The van der Waals surface area contributed by atoms with E-state index in [0.717, 1.165) is 24.0 Å². The first-order valence-corrected chi connectivity index (χ1v) is 8.98. The van der Waals surface area contributed by atoms with Crippen LogP contribution in [0.15, 0.2) is 29.2 Å². The number of carbonyl (C=O) groups excluding carboxylic acids is 2. The number of thiophene rings is 1. The van der Waals surface area contributed by atoms with E-state index in [-0.39, 0.29) is 17.2 Å². The zero-order valence-electron chi connectivity index (χ0n) is 13.4. The first kappa shape index (κ1) is 15.3. The Kier molecular flexibility index (Phi) is 3.64. The number of amides is 1. The monoisotopic (exact) mass is 342 g/mol. The van der Waals surface area contributed by atoms with Gasteiger partial charge in [-0.1, -0.05) is 0 Å². The van der Waals surface area contributed by atoms with Gasteiger partial charge in [0.25, 0.3) is 11.5 Å². The van der Waals surface area contributed by atoms with E-state index in [1.807, 2.05) is 10.8 Å². The Labute approximate surface area is 143 Å². The van der Waals surface area contributed by atoms with Crippen LogP contribution in [0.5, 0.6) is 0 Å². The Morgan fingerprint density at radius 2 is 1.92 bits per heavy atom. The molecule has 2 aromatic rings. The molecule has 1 aliphatic heterocycles. The molecule has 0 aromatic carbocycles. The summed E-state index contributed by atoms with van der Waals surface area (Å²) < 4.78 is 1.81. The van der Waals surface area contributed by atoms with Gasteiger partial charge >= 0.3 is 0 Å². The zero-order chi connectivity index (χ0) is 16.8. The van der Waals surface area contributed by atoms with Crippen molar-refractivity contribution in [3.63, 3.8) is 0 Å². The van der Waals surface area contributed by atoms with Gasteiger partial charge in [-0.15, -0.1) is 11.3 Å². The Bertz CT molecular complexity index is 892. The third-order valence-electron chi connectivity index (χ3n) is 4.66. The maximum Gasteiger partial charge on any atom is 0.264 e. The Morgan fingerprint density at radius 3 is 2.58 bits per heavy atom. The summed E-state index contributed by atoms with van der Waals surface area (Å²) >= 11 is 1.25. The lowest BCUT2D eigenvalue weighted by Crippen LogP contribution is -2.37. The number of Topliss-reactive ketones (excluding diaryl/α,β-unsaturated/α-hetero) is 1. The molecular formula is C18H18N2O3S. The average Bonchev–Trinajstić information content (AvgIpc) is 3.28. The second kappa shape index (κ2) is 5.70. The smallest absolute Gasteiger partial charge is 0.264 e. The van der Waals surface area contributed by atoms with Crippen LogP contribution in [-0.4, -0.2) is 27.7 Å². The first-order valence-electron chi connectivity index (χ1n) is 8.17. The summed E-state index contributed by atoms with van der Waals surface area (Å²) in [5.41, 5.74) is 2.18. The van der Waals surface area contributed by atoms with Crippen molar-refractivity contribution < 1.29 is 9.59 Å². The number of nitrogens with zero attached hydrogens (tertiary/aromatic N) is 2. The highest BCUT2D eigenvalue weighted by molar-refractivity contribution is 7.15. The summed E-state index contributed by atoms with van der Waals surface area (Å²) in [5.74, 6) is -0.0567. The fraction of sp³-hybridized carbons (Fsp3) is 0.389. The van der Waals surface area contributed by atoms with Gasteiger partial charge in [-0.25, -0.2) is 0 Å². The molecule has 3 heterocycles. The summed E-state index contributed by atoms with van der Waals surface area (Å²) in [5, 5.41) is 0. The van der Waals surface area contributed by atoms with Gasteiger partial charge in [-0.2, -0.15) is 0 Å². The van der Waals surface area contributed by atoms with Crippen LogP contribution in [0.25, 0.3) is 0 Å². The quantitative estimate of drug-likeness (QED) is 0.806. The van der Waals surface area contributed by atoms with Crippen molar-refractivity contribution in [1.29, 1.82) is 0 Å². The molecule has 0 atom stereocenters. The molecule has 6 heteroatoms. The van der Waals surface area contributed by atoms with E-state index in [1.165, 1.54) is 18.3 Å². The van der Waals surface area contributed by atoms with Gasteiger partial charge in [0.2, 0.25) is 0 Å². The molecule has 1 aliphatic carbocycles. The minimum Gasteiger partial charge on any atom is -0.333 e. The normalized spacial score (nSPS) is 16.8. The standard InChI is InChI=1S/C18H18N2O3S/c1-11(21)15-4-5-16(24-15)18(23)19-7-6-12-8-17(22)20(14-2-3-14)10-13(12)9-19/h4-5,8,10,14H,2-3,6-7,9H2,1H3. The van der Waals surface area contributed by atoms with Crippen LogP contribution >= 0.6 is 11.3 Å². The Hall–Kier alpha value is -2.21. The second-order valence-electron chi connectivity index (χ2n) is 6.50. The molecule has 5 nitrogen and oxygen atoms in total. The fourth-order valence-electron chi connectivity index (χ4n) is 3.16. The number of hydrogen-bond donors (Lipinski definition) is 0. The molecule has 1 saturated carbocycles. The minimum absolute atomic E-state index is 0.0171. The molecule has 0 radical (unpaired) electrons. The number of rotatable bonds is 3. The van der Waals surface area contributed by atoms with Gasteiger partial charge in [0.05, 0.1) is 9.75 Å².